The van der Waals surface area contributed by atoms with Crippen LogP contribution in [0.5, 0.6) is 0 Å². The highest BCUT2D eigenvalue weighted by atomic mass is 79.9. The van der Waals surface area contributed by atoms with Crippen LogP contribution in [0.2, 0.25) is 0 Å². The molecule has 0 bridgehead atoms. The molecule has 2 aliphatic rings. The summed E-state index contributed by atoms with van der Waals surface area (Å²) in [6.45, 7) is 5.63. The summed E-state index contributed by atoms with van der Waals surface area (Å²) in [6, 6.07) is 0. The van der Waals surface area contributed by atoms with Crippen molar-refractivity contribution in [3.05, 3.63) is 10.3 Å². The fourth-order valence-electron chi connectivity index (χ4n) is 1.44. The lowest BCUT2D eigenvalue weighted by Crippen LogP contribution is -3.00. The molecular formula is C9H13Br2O4P. The van der Waals surface area contributed by atoms with Crippen LogP contribution >= 0.6 is 23.9 Å². The van der Waals surface area contributed by atoms with E-state index >= 15 is 0 Å². The molecule has 3 unspecified atom stereocenters. The molecule has 2 aliphatic heterocycles. The normalized spacial score (nSPS) is 41.9. The van der Waals surface area contributed by atoms with Crippen LogP contribution in [0, 0.1) is 0 Å². The van der Waals surface area contributed by atoms with E-state index < -0.39 is 19.6 Å². The molecule has 1 spiro atoms. The zero-order chi connectivity index (χ0) is 11.3. The van der Waals surface area contributed by atoms with Crippen molar-refractivity contribution in [2.24, 2.45) is 0 Å². The molecule has 0 aromatic rings. The molecule has 0 aromatic carbocycles. The van der Waals surface area contributed by atoms with Gasteiger partial charge in [0.05, 0.1) is 4.48 Å². The van der Waals surface area contributed by atoms with Crippen molar-refractivity contribution in [1.82, 2.24) is 0 Å². The molecular weight excluding hydrogens is 363 g/mol. The van der Waals surface area contributed by atoms with Crippen molar-refractivity contribution in [3.63, 3.8) is 0 Å². The third-order valence-electron chi connectivity index (χ3n) is 2.63. The lowest BCUT2D eigenvalue weighted by Gasteiger charge is -2.19. The third-order valence-corrected chi connectivity index (χ3v) is 6.33. The second-order valence-electron chi connectivity index (χ2n) is 3.85. The summed E-state index contributed by atoms with van der Waals surface area (Å²) < 4.78 is 17.4. The van der Waals surface area contributed by atoms with Gasteiger partial charge in [0.1, 0.15) is 0 Å². The number of carbonyl (C=O) groups is 1. The molecule has 4 nitrogen and oxygen atoms in total. The van der Waals surface area contributed by atoms with Crippen LogP contribution in [0.15, 0.2) is 10.3 Å². The first-order valence-electron chi connectivity index (χ1n) is 4.81. The van der Waals surface area contributed by atoms with Gasteiger partial charge in [0.25, 0.3) is 0 Å². The van der Waals surface area contributed by atoms with Crippen LogP contribution < -0.4 is 17.0 Å². The van der Waals surface area contributed by atoms with Gasteiger partial charge in [-0.25, -0.2) is 9.32 Å². The van der Waals surface area contributed by atoms with Gasteiger partial charge < -0.3 is 17.0 Å². The molecule has 16 heavy (non-hydrogen) atoms. The molecule has 0 amide bonds. The van der Waals surface area contributed by atoms with E-state index in [2.05, 4.69) is 15.9 Å². The summed E-state index contributed by atoms with van der Waals surface area (Å²) >= 11 is 3.44. The minimum absolute atomic E-state index is 0. The molecule has 0 aromatic heterocycles. The van der Waals surface area contributed by atoms with Gasteiger partial charge in [-0.2, -0.15) is 9.05 Å². The van der Waals surface area contributed by atoms with Crippen LogP contribution in [0.1, 0.15) is 27.2 Å². The Kier molecular flexibility index (Phi) is 4.24. The van der Waals surface area contributed by atoms with Crippen LogP contribution in [-0.2, 0) is 18.4 Å². The molecule has 2 rings (SSSR count). The van der Waals surface area contributed by atoms with Gasteiger partial charge >= 0.3 is 13.9 Å². The Bertz CT molecular complexity index is 348. The summed E-state index contributed by atoms with van der Waals surface area (Å²) in [5, 5.41) is 0. The molecule has 0 N–H and O–H groups in total. The molecule has 0 radical (unpaired) electrons. The predicted octanol–water partition coefficient (Wildman–Crippen LogP) is 0.150. The number of rotatable bonds is 1. The maximum absolute atomic E-state index is 11.3. The lowest BCUT2D eigenvalue weighted by molar-refractivity contribution is -0.135. The van der Waals surface area contributed by atoms with Crippen molar-refractivity contribution in [3.8, 4) is 0 Å². The average molecular weight is 376 g/mol. The summed E-state index contributed by atoms with van der Waals surface area (Å²) in [6.07, 6.45) is 0.260. The van der Waals surface area contributed by atoms with E-state index in [0.717, 1.165) is 10.9 Å². The van der Waals surface area contributed by atoms with E-state index in [1.165, 1.54) is 0 Å². The molecule has 1 saturated heterocycles. The van der Waals surface area contributed by atoms with E-state index in [9.17, 15) is 4.79 Å². The largest absolute Gasteiger partial charge is 1.00 e. The monoisotopic (exact) mass is 374 g/mol. The average Bonchev–Trinajstić information content (AvgIpc) is 2.53. The Morgan fingerprint density at radius 2 is 2.25 bits per heavy atom. The number of hydrogen-bond donors (Lipinski definition) is 0. The Morgan fingerprint density at radius 1 is 1.62 bits per heavy atom. The summed E-state index contributed by atoms with van der Waals surface area (Å²) in [4.78, 5) is 11.3. The van der Waals surface area contributed by atoms with Gasteiger partial charge in [0.15, 0.2) is 11.4 Å². The van der Waals surface area contributed by atoms with Gasteiger partial charge in [-0.15, -0.1) is 0 Å². The van der Waals surface area contributed by atoms with Crippen LogP contribution in [-0.4, -0.2) is 17.7 Å². The van der Waals surface area contributed by atoms with Gasteiger partial charge in [0.2, 0.25) is 6.10 Å². The smallest absolute Gasteiger partial charge is 0.492 e. The van der Waals surface area contributed by atoms with E-state index in [1.54, 1.807) is 12.7 Å². The zero-order valence-electron chi connectivity index (χ0n) is 9.20. The second-order valence-corrected chi connectivity index (χ2v) is 6.62. The first-order valence-corrected chi connectivity index (χ1v) is 7.21. The summed E-state index contributed by atoms with van der Waals surface area (Å²) in [5.74, 6) is 1.43. The fraction of sp³-hybridized carbons (Fsp3) is 0.667. The Morgan fingerprint density at radius 3 is 2.62 bits per heavy atom. The Labute approximate surface area is 114 Å². The fourth-order valence-corrected chi connectivity index (χ4v) is 5.24. The maximum atomic E-state index is 11.3. The van der Waals surface area contributed by atoms with E-state index in [1.807, 2.05) is 13.8 Å². The number of halogens is 2. The van der Waals surface area contributed by atoms with Crippen molar-refractivity contribution >= 4 is 29.8 Å². The molecule has 0 aliphatic carbocycles. The first-order chi connectivity index (χ1) is 6.91. The van der Waals surface area contributed by atoms with Gasteiger partial charge in [0, 0.05) is 0 Å². The van der Waals surface area contributed by atoms with E-state index in [-0.39, 0.29) is 23.0 Å². The minimum Gasteiger partial charge on any atom is -1.00 e. The van der Waals surface area contributed by atoms with Gasteiger partial charge in [-0.1, -0.05) is 6.92 Å². The van der Waals surface area contributed by atoms with Crippen molar-refractivity contribution in [2.75, 3.05) is 0 Å². The summed E-state index contributed by atoms with van der Waals surface area (Å²) in [5.41, 5.74) is -0.432. The first kappa shape index (κ1) is 14.6. The van der Waals surface area contributed by atoms with Crippen molar-refractivity contribution in [2.45, 2.75) is 38.9 Å². The third kappa shape index (κ3) is 2.23. The van der Waals surface area contributed by atoms with E-state index in [0.29, 0.717) is 0 Å². The number of hydrogen-bond acceptors (Lipinski definition) is 4. The quantitative estimate of drug-likeness (QED) is 0.612. The minimum atomic E-state index is -2.56. The molecule has 92 valence electrons. The number of carbonyl (C=O) groups excluding carboxylic acids is 1. The van der Waals surface area contributed by atoms with E-state index in [4.69, 9.17) is 13.6 Å². The van der Waals surface area contributed by atoms with Gasteiger partial charge in [-0.05, 0) is 36.2 Å². The van der Waals surface area contributed by atoms with Crippen LogP contribution in [0.3, 0.4) is 0 Å². The standard InChI is InChI=1S/C9H13BrO4P.BrH/c1-4-9(3)7(10)5-15(14-9)12-6(2)8(11)13-15;/h5-6H,4H2,1-3H3;1H/q+1;/p-1. The zero-order valence-corrected chi connectivity index (χ0v) is 13.3. The predicted molar refractivity (Wildman–Crippen MR) is 60.4 cm³/mol. The summed E-state index contributed by atoms with van der Waals surface area (Å²) in [7, 11) is -2.56. The molecule has 1 fully saturated rings. The highest BCUT2D eigenvalue weighted by Crippen LogP contribution is 2.75. The van der Waals surface area contributed by atoms with Crippen molar-refractivity contribution in [1.29, 1.82) is 0 Å². The lowest BCUT2D eigenvalue weighted by atomic mass is 10.1. The van der Waals surface area contributed by atoms with Crippen molar-refractivity contribution < 1.29 is 35.3 Å². The molecule has 3 atom stereocenters. The molecule has 2 heterocycles. The Balaban J connectivity index is 0.00000128. The molecule has 7 heteroatoms. The van der Waals surface area contributed by atoms with Crippen LogP contribution in [0.4, 0.5) is 0 Å². The highest BCUT2D eigenvalue weighted by Gasteiger charge is 2.65. The highest BCUT2D eigenvalue weighted by molar-refractivity contribution is 9.11. The van der Waals surface area contributed by atoms with Gasteiger partial charge in [-0.3, -0.25) is 0 Å². The topological polar surface area (TPSA) is 44.8 Å². The second kappa shape index (κ2) is 4.65. The SMILES string of the molecule is CCC1(C)O[P+]2(C=C1Br)OC(=O)C(C)O2.[Br-]. The maximum Gasteiger partial charge on any atom is 0.492 e. The molecule has 0 saturated carbocycles. The Hall–Kier alpha value is 0.520. The van der Waals surface area contributed by atoms with Crippen LogP contribution in [0.25, 0.3) is 0 Å².